The molecule has 6 nitrogen and oxygen atoms in total. The molecule has 1 aliphatic heterocycles. The van der Waals surface area contributed by atoms with Gasteiger partial charge in [-0.1, -0.05) is 22.9 Å². The average Bonchev–Trinajstić information content (AvgIpc) is 3.11. The van der Waals surface area contributed by atoms with E-state index < -0.39 is 6.09 Å². The van der Waals surface area contributed by atoms with E-state index >= 15 is 0 Å². The van der Waals surface area contributed by atoms with Crippen LogP contribution in [0.25, 0.3) is 0 Å². The number of rotatable bonds is 3. The van der Waals surface area contributed by atoms with Crippen LogP contribution < -0.4 is 5.32 Å². The molecule has 3 rings (SSSR count). The van der Waals surface area contributed by atoms with Crippen LogP contribution in [-0.2, 0) is 17.7 Å². The summed E-state index contributed by atoms with van der Waals surface area (Å²) in [7, 11) is 0. The molecule has 3 heterocycles. The van der Waals surface area contributed by atoms with Gasteiger partial charge in [-0.25, -0.2) is 9.78 Å². The van der Waals surface area contributed by atoms with E-state index in [9.17, 15) is 9.59 Å². The zero-order valence-electron chi connectivity index (χ0n) is 12.3. The Bertz CT molecular complexity index is 743. The Hall–Kier alpha value is -1.64. The highest BCUT2D eigenvalue weighted by Crippen LogP contribution is 2.30. The summed E-state index contributed by atoms with van der Waals surface area (Å²) in [5.74, 6) is -0.0270. The van der Waals surface area contributed by atoms with Gasteiger partial charge < -0.3 is 9.64 Å². The maximum Gasteiger partial charge on any atom is 0.413 e. The van der Waals surface area contributed by atoms with Gasteiger partial charge in [0.2, 0.25) is 0 Å². The van der Waals surface area contributed by atoms with Gasteiger partial charge in [-0.15, -0.1) is 11.3 Å². The molecular formula is C14H14ClN3O3S2. The number of nitrogens with zero attached hydrogens (tertiary/aromatic N) is 2. The van der Waals surface area contributed by atoms with E-state index in [2.05, 4.69) is 10.3 Å². The average molecular weight is 372 g/mol. The molecule has 0 spiro atoms. The first-order valence-electron chi connectivity index (χ1n) is 7.03. The molecule has 2 aromatic heterocycles. The summed E-state index contributed by atoms with van der Waals surface area (Å²) in [6.07, 6.45) is 0.154. The van der Waals surface area contributed by atoms with Crippen LogP contribution in [0.5, 0.6) is 0 Å². The lowest BCUT2D eigenvalue weighted by Crippen LogP contribution is -2.35. The van der Waals surface area contributed by atoms with Gasteiger partial charge >= 0.3 is 6.09 Å². The van der Waals surface area contributed by atoms with Gasteiger partial charge in [0.05, 0.1) is 28.1 Å². The number of hydrogen-bond acceptors (Lipinski definition) is 6. The van der Waals surface area contributed by atoms with Gasteiger partial charge in [0.1, 0.15) is 0 Å². The molecule has 0 radical (unpaired) electrons. The summed E-state index contributed by atoms with van der Waals surface area (Å²) in [6, 6.07) is 3.47. The summed E-state index contributed by atoms with van der Waals surface area (Å²) < 4.78 is 5.44. The second-order valence-electron chi connectivity index (χ2n) is 4.81. The van der Waals surface area contributed by atoms with Crippen LogP contribution in [0.3, 0.4) is 0 Å². The number of carbonyl (C=O) groups is 2. The highest BCUT2D eigenvalue weighted by atomic mass is 35.5. The fraction of sp³-hybridized carbons (Fsp3) is 0.357. The topological polar surface area (TPSA) is 71.5 Å². The highest BCUT2D eigenvalue weighted by molar-refractivity contribution is 7.18. The second-order valence-corrected chi connectivity index (χ2v) is 7.61. The second kappa shape index (κ2) is 6.86. The standard InChI is InChI=1S/C14H14ClN3O3S2/c1-2-21-14(20)17-13-16-8-5-6-18(7-10(8)23-13)12(19)9-3-4-11(15)22-9/h3-4H,2,5-7H2,1H3,(H,16,17,20). The minimum Gasteiger partial charge on any atom is -0.450 e. The molecule has 122 valence electrons. The van der Waals surface area contributed by atoms with E-state index in [-0.39, 0.29) is 5.91 Å². The van der Waals surface area contributed by atoms with Crippen LogP contribution in [-0.4, -0.2) is 35.0 Å². The lowest BCUT2D eigenvalue weighted by atomic mass is 10.2. The molecule has 2 aromatic rings. The number of nitrogens with one attached hydrogen (secondary N) is 1. The minimum atomic E-state index is -0.514. The molecule has 2 amide bonds. The Balaban J connectivity index is 1.69. The van der Waals surface area contributed by atoms with E-state index in [0.29, 0.717) is 40.5 Å². The number of fused-ring (bicyclic) bond motifs is 1. The maximum absolute atomic E-state index is 12.5. The lowest BCUT2D eigenvalue weighted by molar-refractivity contribution is 0.0741. The van der Waals surface area contributed by atoms with Crippen molar-refractivity contribution in [2.45, 2.75) is 19.9 Å². The van der Waals surface area contributed by atoms with Crippen molar-refractivity contribution in [3.8, 4) is 0 Å². The van der Waals surface area contributed by atoms with Crippen LogP contribution in [0.4, 0.5) is 9.93 Å². The van der Waals surface area contributed by atoms with Crippen molar-refractivity contribution in [1.29, 1.82) is 0 Å². The fourth-order valence-electron chi connectivity index (χ4n) is 2.26. The third kappa shape index (κ3) is 3.65. The smallest absolute Gasteiger partial charge is 0.413 e. The molecule has 0 atom stereocenters. The van der Waals surface area contributed by atoms with Crippen molar-refractivity contribution in [2.75, 3.05) is 18.5 Å². The molecule has 1 aliphatic rings. The van der Waals surface area contributed by atoms with Gasteiger partial charge in [0.15, 0.2) is 5.13 Å². The van der Waals surface area contributed by atoms with E-state index in [4.69, 9.17) is 16.3 Å². The van der Waals surface area contributed by atoms with Crippen molar-refractivity contribution >= 4 is 51.4 Å². The molecule has 0 aromatic carbocycles. The predicted molar refractivity (Wildman–Crippen MR) is 90.5 cm³/mol. The van der Waals surface area contributed by atoms with Crippen molar-refractivity contribution in [3.63, 3.8) is 0 Å². The number of halogens is 1. The minimum absolute atomic E-state index is 0.0270. The van der Waals surface area contributed by atoms with Crippen LogP contribution in [0, 0.1) is 0 Å². The summed E-state index contributed by atoms with van der Waals surface area (Å²) in [6.45, 7) is 3.14. The van der Waals surface area contributed by atoms with E-state index in [1.54, 1.807) is 24.0 Å². The Labute approximate surface area is 146 Å². The Morgan fingerprint density at radius 3 is 2.96 bits per heavy atom. The SMILES string of the molecule is CCOC(=O)Nc1nc2c(s1)CN(C(=O)c1ccc(Cl)s1)CC2. The van der Waals surface area contributed by atoms with Crippen molar-refractivity contribution in [3.05, 3.63) is 31.9 Å². The van der Waals surface area contributed by atoms with Gasteiger partial charge in [0.25, 0.3) is 5.91 Å². The first-order valence-corrected chi connectivity index (χ1v) is 9.05. The molecule has 0 bridgehead atoms. The zero-order valence-corrected chi connectivity index (χ0v) is 14.7. The highest BCUT2D eigenvalue weighted by Gasteiger charge is 2.26. The molecular weight excluding hydrogens is 358 g/mol. The largest absolute Gasteiger partial charge is 0.450 e. The Morgan fingerprint density at radius 1 is 1.43 bits per heavy atom. The quantitative estimate of drug-likeness (QED) is 0.894. The summed E-state index contributed by atoms with van der Waals surface area (Å²) in [5.41, 5.74) is 0.926. The fourth-order valence-corrected chi connectivity index (χ4v) is 4.28. The molecule has 0 unspecified atom stereocenters. The van der Waals surface area contributed by atoms with Crippen molar-refractivity contribution in [1.82, 2.24) is 9.88 Å². The number of aromatic nitrogens is 1. The monoisotopic (exact) mass is 371 g/mol. The van der Waals surface area contributed by atoms with E-state index in [1.807, 2.05) is 0 Å². The molecule has 0 aliphatic carbocycles. The lowest BCUT2D eigenvalue weighted by Gasteiger charge is -2.25. The van der Waals surface area contributed by atoms with Gasteiger partial charge in [-0.05, 0) is 19.1 Å². The number of hydrogen-bond donors (Lipinski definition) is 1. The summed E-state index contributed by atoms with van der Waals surface area (Å²) in [4.78, 5) is 31.7. The predicted octanol–water partition coefficient (Wildman–Crippen LogP) is 3.62. The molecule has 0 saturated carbocycles. The number of thiophene rings is 1. The third-order valence-electron chi connectivity index (χ3n) is 3.29. The Kier molecular flexibility index (Phi) is 4.84. The van der Waals surface area contributed by atoms with Crippen LogP contribution in [0.1, 0.15) is 27.2 Å². The normalized spacial score (nSPS) is 13.6. The Morgan fingerprint density at radius 2 is 2.26 bits per heavy atom. The van der Waals surface area contributed by atoms with Crippen LogP contribution in [0.15, 0.2) is 12.1 Å². The number of anilines is 1. The number of ether oxygens (including phenoxy) is 1. The first-order chi connectivity index (χ1) is 11.1. The molecule has 0 saturated heterocycles. The van der Waals surface area contributed by atoms with Crippen LogP contribution in [0.2, 0.25) is 4.34 Å². The first kappa shape index (κ1) is 16.2. The van der Waals surface area contributed by atoms with E-state index in [0.717, 1.165) is 10.6 Å². The van der Waals surface area contributed by atoms with Crippen molar-refractivity contribution in [2.24, 2.45) is 0 Å². The third-order valence-corrected chi connectivity index (χ3v) is 5.50. The number of thiazole rings is 1. The van der Waals surface area contributed by atoms with Gasteiger partial charge in [-0.3, -0.25) is 10.1 Å². The molecule has 9 heteroatoms. The number of amides is 2. The van der Waals surface area contributed by atoms with Crippen molar-refractivity contribution < 1.29 is 14.3 Å². The molecule has 0 fully saturated rings. The van der Waals surface area contributed by atoms with E-state index in [1.165, 1.54) is 22.7 Å². The van der Waals surface area contributed by atoms with Gasteiger partial charge in [0, 0.05) is 17.8 Å². The summed E-state index contributed by atoms with van der Waals surface area (Å²) in [5, 5.41) is 3.11. The summed E-state index contributed by atoms with van der Waals surface area (Å²) >= 11 is 8.54. The number of carbonyl (C=O) groups excluding carboxylic acids is 2. The molecule has 1 N–H and O–H groups in total. The van der Waals surface area contributed by atoms with Crippen LogP contribution >= 0.6 is 34.3 Å². The molecule has 23 heavy (non-hydrogen) atoms. The zero-order chi connectivity index (χ0) is 16.4. The van der Waals surface area contributed by atoms with Gasteiger partial charge in [-0.2, -0.15) is 0 Å². The maximum atomic E-state index is 12.5.